The number of hydrogen-bond donors (Lipinski definition) is 0. The van der Waals surface area contributed by atoms with Crippen molar-refractivity contribution in [2.75, 3.05) is 47.5 Å². The van der Waals surface area contributed by atoms with Gasteiger partial charge in [0.05, 0.1) is 40.3 Å². The SMILES string of the molecule is CCCCCCC/C=C\C/C=C\CCCCCCCCCCCC(=O)OC(COC(=O)CCCCCCCC)COC(OCC[N+](C)(C)C)C(=O)[O-]. The molecule has 0 bridgehead atoms. The highest BCUT2D eigenvalue weighted by Crippen LogP contribution is 2.14. The van der Waals surface area contributed by atoms with Gasteiger partial charge in [0.1, 0.15) is 13.2 Å². The number of rotatable bonds is 38. The lowest BCUT2D eigenvalue weighted by Crippen LogP contribution is -2.44. The third-order valence-electron chi connectivity index (χ3n) is 8.95. The van der Waals surface area contributed by atoms with E-state index in [1.807, 2.05) is 21.1 Å². The summed E-state index contributed by atoms with van der Waals surface area (Å²) in [6.07, 6.45) is 33.8. The summed E-state index contributed by atoms with van der Waals surface area (Å²) >= 11 is 0. The fourth-order valence-electron chi connectivity index (χ4n) is 5.62. The summed E-state index contributed by atoms with van der Waals surface area (Å²) in [5.74, 6) is -2.30. The molecular formula is C43H79NO8. The molecule has 0 fully saturated rings. The largest absolute Gasteiger partial charge is 0.545 e. The van der Waals surface area contributed by atoms with Crippen LogP contribution in [0.15, 0.2) is 24.3 Å². The molecule has 0 saturated carbocycles. The van der Waals surface area contributed by atoms with Gasteiger partial charge < -0.3 is 33.3 Å². The number of carboxylic acids is 1. The molecule has 0 heterocycles. The number of aliphatic carboxylic acids is 1. The number of quaternary nitrogens is 1. The van der Waals surface area contributed by atoms with Gasteiger partial charge in [-0.1, -0.05) is 141 Å². The predicted octanol–water partition coefficient (Wildman–Crippen LogP) is 9.16. The Bertz CT molecular complexity index is 913. The van der Waals surface area contributed by atoms with Crippen molar-refractivity contribution in [1.82, 2.24) is 0 Å². The van der Waals surface area contributed by atoms with Gasteiger partial charge in [0.15, 0.2) is 12.4 Å². The van der Waals surface area contributed by atoms with Crippen LogP contribution >= 0.6 is 0 Å². The average Bonchev–Trinajstić information content (AvgIpc) is 3.10. The monoisotopic (exact) mass is 738 g/mol. The summed E-state index contributed by atoms with van der Waals surface area (Å²) in [6.45, 7) is 4.65. The Morgan fingerprint density at radius 1 is 0.577 bits per heavy atom. The standard InChI is InChI=1S/C43H79NO8/c1-6-8-10-12-14-15-16-17-18-19-20-21-22-23-24-25-26-27-28-30-32-34-41(46)52-39(37-50-40(45)33-31-29-13-11-9-7-2)38-51-43(42(47)48)49-36-35-44(3,4)5/h16-17,19-20,39,43H,6-15,18,21-38H2,1-5H3/b17-16-,20-19-. The van der Waals surface area contributed by atoms with Gasteiger partial charge in [-0.2, -0.15) is 0 Å². The average molecular weight is 738 g/mol. The summed E-state index contributed by atoms with van der Waals surface area (Å²) < 4.78 is 22.4. The van der Waals surface area contributed by atoms with Gasteiger partial charge in [-0.15, -0.1) is 0 Å². The van der Waals surface area contributed by atoms with Crippen LogP contribution in [0.1, 0.15) is 174 Å². The molecule has 0 saturated heterocycles. The molecule has 9 nitrogen and oxygen atoms in total. The number of likely N-dealkylation sites (N-methyl/N-ethyl adjacent to an activating group) is 1. The first-order valence-corrected chi connectivity index (χ1v) is 21.0. The predicted molar refractivity (Wildman–Crippen MR) is 209 cm³/mol. The third kappa shape index (κ3) is 36.1. The lowest BCUT2D eigenvalue weighted by Gasteiger charge is -2.26. The second-order valence-electron chi connectivity index (χ2n) is 15.3. The van der Waals surface area contributed by atoms with E-state index in [-0.39, 0.29) is 38.6 Å². The van der Waals surface area contributed by atoms with E-state index in [2.05, 4.69) is 38.2 Å². The van der Waals surface area contributed by atoms with Gasteiger partial charge in [-0.05, 0) is 44.9 Å². The lowest BCUT2D eigenvalue weighted by molar-refractivity contribution is -0.870. The Morgan fingerprint density at radius 2 is 1.04 bits per heavy atom. The Hall–Kier alpha value is -2.23. The number of carboxylic acid groups (broad SMARTS) is 1. The fourth-order valence-corrected chi connectivity index (χ4v) is 5.62. The molecule has 0 radical (unpaired) electrons. The zero-order valence-corrected chi connectivity index (χ0v) is 34.2. The van der Waals surface area contributed by atoms with Crippen molar-refractivity contribution < 1.29 is 42.9 Å². The van der Waals surface area contributed by atoms with E-state index in [9.17, 15) is 19.5 Å². The molecule has 0 aromatic carbocycles. The molecule has 0 aliphatic carbocycles. The first kappa shape index (κ1) is 49.8. The van der Waals surface area contributed by atoms with Crippen molar-refractivity contribution in [2.24, 2.45) is 0 Å². The molecule has 0 N–H and O–H groups in total. The molecule has 0 aliphatic heterocycles. The van der Waals surface area contributed by atoms with Crippen LogP contribution in [0.5, 0.6) is 0 Å². The number of ether oxygens (including phenoxy) is 4. The Balaban J connectivity index is 4.29. The summed E-state index contributed by atoms with van der Waals surface area (Å²) in [5.41, 5.74) is 0. The minimum absolute atomic E-state index is 0.148. The first-order valence-electron chi connectivity index (χ1n) is 21.0. The maximum absolute atomic E-state index is 12.7. The van der Waals surface area contributed by atoms with E-state index in [0.29, 0.717) is 17.4 Å². The highest BCUT2D eigenvalue weighted by molar-refractivity contribution is 5.70. The molecular weight excluding hydrogens is 658 g/mol. The van der Waals surface area contributed by atoms with E-state index in [4.69, 9.17) is 18.9 Å². The van der Waals surface area contributed by atoms with Gasteiger partial charge in [-0.3, -0.25) is 9.59 Å². The number of carbonyl (C=O) groups excluding carboxylic acids is 3. The smallest absolute Gasteiger partial charge is 0.306 e. The molecule has 0 amide bonds. The molecule has 0 aromatic rings. The van der Waals surface area contributed by atoms with Crippen LogP contribution in [0, 0.1) is 0 Å². The number of nitrogens with zero attached hydrogens (tertiary/aromatic N) is 1. The molecule has 9 heteroatoms. The first-order chi connectivity index (χ1) is 25.1. The number of hydrogen-bond acceptors (Lipinski definition) is 8. The summed E-state index contributed by atoms with van der Waals surface area (Å²) in [4.78, 5) is 36.6. The highest BCUT2D eigenvalue weighted by atomic mass is 16.7. The molecule has 52 heavy (non-hydrogen) atoms. The number of unbranched alkanes of at least 4 members (excludes halogenated alkanes) is 19. The van der Waals surface area contributed by atoms with Crippen molar-refractivity contribution in [1.29, 1.82) is 0 Å². The highest BCUT2D eigenvalue weighted by Gasteiger charge is 2.21. The molecule has 0 spiro atoms. The normalized spacial score (nSPS) is 13.2. The van der Waals surface area contributed by atoms with Crippen molar-refractivity contribution in [3.05, 3.63) is 24.3 Å². The van der Waals surface area contributed by atoms with Gasteiger partial charge in [-0.25, -0.2) is 0 Å². The van der Waals surface area contributed by atoms with E-state index >= 15 is 0 Å². The van der Waals surface area contributed by atoms with Crippen LogP contribution in [-0.4, -0.2) is 82.3 Å². The fraction of sp³-hybridized carbons (Fsp3) is 0.837. The van der Waals surface area contributed by atoms with E-state index in [1.54, 1.807) is 0 Å². The van der Waals surface area contributed by atoms with Gasteiger partial charge >= 0.3 is 11.9 Å². The molecule has 2 atom stereocenters. The van der Waals surface area contributed by atoms with E-state index in [1.165, 1.54) is 83.5 Å². The van der Waals surface area contributed by atoms with Gasteiger partial charge in [0, 0.05) is 12.8 Å². The minimum atomic E-state index is -1.62. The van der Waals surface area contributed by atoms with Crippen LogP contribution < -0.4 is 5.11 Å². The van der Waals surface area contributed by atoms with Crippen molar-refractivity contribution in [3.8, 4) is 0 Å². The van der Waals surface area contributed by atoms with Crippen LogP contribution in [0.2, 0.25) is 0 Å². The van der Waals surface area contributed by atoms with Crippen LogP contribution in [-0.2, 0) is 33.3 Å². The third-order valence-corrected chi connectivity index (χ3v) is 8.95. The topological polar surface area (TPSA) is 111 Å². The summed E-state index contributed by atoms with van der Waals surface area (Å²) in [7, 11) is 5.89. The van der Waals surface area contributed by atoms with E-state index < -0.39 is 24.3 Å². The molecule has 304 valence electrons. The summed E-state index contributed by atoms with van der Waals surface area (Å²) in [5, 5.41) is 11.6. The zero-order chi connectivity index (χ0) is 38.5. The van der Waals surface area contributed by atoms with Crippen LogP contribution in [0.25, 0.3) is 0 Å². The number of esters is 2. The molecule has 2 unspecified atom stereocenters. The zero-order valence-electron chi connectivity index (χ0n) is 34.2. The van der Waals surface area contributed by atoms with Gasteiger partial charge in [0.25, 0.3) is 0 Å². The second kappa shape index (κ2) is 35.8. The second-order valence-corrected chi connectivity index (χ2v) is 15.3. The lowest BCUT2D eigenvalue weighted by atomic mass is 10.1. The Morgan fingerprint density at radius 3 is 1.52 bits per heavy atom. The number of carbonyl (C=O) groups is 3. The van der Waals surface area contributed by atoms with Crippen molar-refractivity contribution in [3.63, 3.8) is 0 Å². The summed E-state index contributed by atoms with van der Waals surface area (Å²) in [6, 6.07) is 0. The molecule has 0 aliphatic rings. The van der Waals surface area contributed by atoms with E-state index in [0.717, 1.165) is 57.8 Å². The molecule has 0 rings (SSSR count). The maximum atomic E-state index is 12.7. The molecule has 0 aromatic heterocycles. The minimum Gasteiger partial charge on any atom is -0.545 e. The van der Waals surface area contributed by atoms with Crippen molar-refractivity contribution in [2.45, 2.75) is 187 Å². The van der Waals surface area contributed by atoms with Crippen LogP contribution in [0.3, 0.4) is 0 Å². The Labute approximate surface area is 318 Å². The van der Waals surface area contributed by atoms with Crippen LogP contribution in [0.4, 0.5) is 0 Å². The Kier molecular flexibility index (Phi) is 34.2. The number of allylic oxidation sites excluding steroid dienone is 4. The van der Waals surface area contributed by atoms with Gasteiger partial charge in [0.2, 0.25) is 0 Å². The quantitative estimate of drug-likeness (QED) is 0.0203. The maximum Gasteiger partial charge on any atom is 0.306 e. The van der Waals surface area contributed by atoms with Crippen molar-refractivity contribution >= 4 is 17.9 Å².